The highest BCUT2D eigenvalue weighted by molar-refractivity contribution is 5.94. The molecule has 0 radical (unpaired) electrons. The molecule has 2 aliphatic rings. The molecule has 2 fully saturated rings. The van der Waals surface area contributed by atoms with Crippen LogP contribution in [0.3, 0.4) is 0 Å². The molecule has 1 saturated carbocycles. The Morgan fingerprint density at radius 2 is 1.96 bits per heavy atom. The lowest BCUT2D eigenvalue weighted by atomic mass is 9.92. The van der Waals surface area contributed by atoms with Crippen molar-refractivity contribution in [2.24, 2.45) is 11.3 Å². The zero-order chi connectivity index (χ0) is 17.2. The Kier molecular flexibility index (Phi) is 4.85. The molecular formula is C18H24FN3O2. The van der Waals surface area contributed by atoms with E-state index in [2.05, 4.69) is 16.0 Å². The van der Waals surface area contributed by atoms with Crippen LogP contribution >= 0.6 is 0 Å². The molecule has 1 aromatic carbocycles. The smallest absolute Gasteiger partial charge is 0.251 e. The van der Waals surface area contributed by atoms with Crippen molar-refractivity contribution in [1.82, 2.24) is 16.0 Å². The fraction of sp³-hybridized carbons (Fsp3) is 0.556. The summed E-state index contributed by atoms with van der Waals surface area (Å²) in [6.07, 6.45) is 3.12. The summed E-state index contributed by atoms with van der Waals surface area (Å²) in [7, 11) is 0. The van der Waals surface area contributed by atoms with Crippen molar-refractivity contribution >= 4 is 11.8 Å². The molecule has 1 heterocycles. The van der Waals surface area contributed by atoms with Crippen LogP contribution in [-0.4, -0.2) is 38.0 Å². The first-order valence-electron chi connectivity index (χ1n) is 8.55. The number of benzene rings is 1. The van der Waals surface area contributed by atoms with E-state index in [0.29, 0.717) is 24.2 Å². The Morgan fingerprint density at radius 1 is 1.25 bits per heavy atom. The Balaban J connectivity index is 1.38. The van der Waals surface area contributed by atoms with E-state index in [1.165, 1.54) is 6.07 Å². The van der Waals surface area contributed by atoms with Crippen molar-refractivity contribution in [3.05, 3.63) is 35.1 Å². The Hall–Kier alpha value is -1.95. The van der Waals surface area contributed by atoms with Gasteiger partial charge in [-0.3, -0.25) is 9.59 Å². The third-order valence-electron chi connectivity index (χ3n) is 5.25. The maximum atomic E-state index is 13.5. The van der Waals surface area contributed by atoms with Crippen LogP contribution in [0.25, 0.3) is 0 Å². The molecule has 1 aliphatic carbocycles. The Labute approximate surface area is 141 Å². The minimum Gasteiger partial charge on any atom is -0.354 e. The number of carbonyl (C=O) groups excluding carboxylic acids is 2. The van der Waals surface area contributed by atoms with Crippen LogP contribution < -0.4 is 16.0 Å². The molecular weight excluding hydrogens is 309 g/mol. The second-order valence-electron chi connectivity index (χ2n) is 6.88. The van der Waals surface area contributed by atoms with Gasteiger partial charge in [-0.05, 0) is 62.4 Å². The van der Waals surface area contributed by atoms with Gasteiger partial charge in [-0.2, -0.15) is 0 Å². The first kappa shape index (κ1) is 16.9. The molecule has 6 heteroatoms. The summed E-state index contributed by atoms with van der Waals surface area (Å²) in [5.41, 5.74) is 1.02. The maximum absolute atomic E-state index is 13.5. The average Bonchev–Trinajstić information content (AvgIpc) is 3.27. The van der Waals surface area contributed by atoms with E-state index in [-0.39, 0.29) is 23.1 Å². The molecule has 3 N–H and O–H groups in total. The summed E-state index contributed by atoms with van der Waals surface area (Å²) in [6, 6.07) is 4.41. The second-order valence-corrected chi connectivity index (χ2v) is 6.88. The van der Waals surface area contributed by atoms with Crippen molar-refractivity contribution in [2.75, 3.05) is 26.2 Å². The maximum Gasteiger partial charge on any atom is 0.251 e. The minimum atomic E-state index is -0.392. The van der Waals surface area contributed by atoms with E-state index in [1.54, 1.807) is 19.1 Å². The molecule has 5 nitrogen and oxygen atoms in total. The highest BCUT2D eigenvalue weighted by Gasteiger charge is 2.57. The van der Waals surface area contributed by atoms with Crippen LogP contribution in [0.1, 0.15) is 35.2 Å². The number of hydrogen-bond acceptors (Lipinski definition) is 3. The lowest BCUT2D eigenvalue weighted by molar-refractivity contribution is -0.123. The van der Waals surface area contributed by atoms with Gasteiger partial charge in [0, 0.05) is 24.6 Å². The van der Waals surface area contributed by atoms with Crippen LogP contribution in [0.15, 0.2) is 18.2 Å². The van der Waals surface area contributed by atoms with Gasteiger partial charge in [0.1, 0.15) is 5.82 Å². The molecule has 130 valence electrons. The van der Waals surface area contributed by atoms with Gasteiger partial charge in [-0.1, -0.05) is 6.07 Å². The lowest BCUT2D eigenvalue weighted by Crippen LogP contribution is -2.37. The summed E-state index contributed by atoms with van der Waals surface area (Å²) in [6.45, 7) is 4.37. The zero-order valence-electron chi connectivity index (χ0n) is 14.0. The van der Waals surface area contributed by atoms with Gasteiger partial charge >= 0.3 is 0 Å². The number of hydrogen-bond donors (Lipinski definition) is 3. The summed E-state index contributed by atoms with van der Waals surface area (Å²) >= 11 is 0. The van der Waals surface area contributed by atoms with E-state index in [4.69, 9.17) is 0 Å². The van der Waals surface area contributed by atoms with Crippen molar-refractivity contribution in [2.45, 2.75) is 26.2 Å². The van der Waals surface area contributed by atoms with Crippen molar-refractivity contribution in [3.8, 4) is 0 Å². The highest BCUT2D eigenvalue weighted by Crippen LogP contribution is 2.58. The SMILES string of the molecule is Cc1ccc(C(=O)NCCNC(=O)C2CC23CCNCC3)cc1F. The van der Waals surface area contributed by atoms with E-state index < -0.39 is 5.82 Å². The second kappa shape index (κ2) is 6.89. The summed E-state index contributed by atoms with van der Waals surface area (Å²) in [5, 5.41) is 8.92. The molecule has 0 aromatic heterocycles. The van der Waals surface area contributed by atoms with E-state index >= 15 is 0 Å². The number of carbonyl (C=O) groups is 2. The topological polar surface area (TPSA) is 70.2 Å². The highest BCUT2D eigenvalue weighted by atomic mass is 19.1. The van der Waals surface area contributed by atoms with Gasteiger partial charge in [0.25, 0.3) is 5.91 Å². The average molecular weight is 333 g/mol. The first-order chi connectivity index (χ1) is 11.5. The van der Waals surface area contributed by atoms with E-state index in [1.807, 2.05) is 0 Å². The third-order valence-corrected chi connectivity index (χ3v) is 5.25. The molecule has 1 spiro atoms. The normalized spacial score (nSPS) is 21.3. The number of rotatable bonds is 5. The standard InChI is InChI=1S/C18H24FN3O2/c1-12-2-3-13(10-15(12)19)16(23)21-8-9-22-17(24)14-11-18(14)4-6-20-7-5-18/h2-3,10,14,20H,4-9,11H2,1H3,(H,21,23)(H,22,24). The van der Waals surface area contributed by atoms with Crippen molar-refractivity contribution in [3.63, 3.8) is 0 Å². The fourth-order valence-electron chi connectivity index (χ4n) is 3.52. The quantitative estimate of drug-likeness (QED) is 0.713. The van der Waals surface area contributed by atoms with Gasteiger partial charge in [-0.15, -0.1) is 0 Å². The predicted octanol–water partition coefficient (Wildman–Crippen LogP) is 1.37. The number of amides is 2. The predicted molar refractivity (Wildman–Crippen MR) is 89.1 cm³/mol. The first-order valence-corrected chi connectivity index (χ1v) is 8.55. The summed E-state index contributed by atoms with van der Waals surface area (Å²) in [5.74, 6) is -0.504. The zero-order valence-corrected chi connectivity index (χ0v) is 14.0. The van der Waals surface area contributed by atoms with Crippen LogP contribution in [0.5, 0.6) is 0 Å². The van der Waals surface area contributed by atoms with E-state index in [9.17, 15) is 14.0 Å². The molecule has 2 amide bonds. The Morgan fingerprint density at radius 3 is 2.67 bits per heavy atom. The fourth-order valence-corrected chi connectivity index (χ4v) is 3.52. The Bertz CT molecular complexity index is 641. The lowest BCUT2D eigenvalue weighted by Gasteiger charge is -2.23. The number of nitrogens with one attached hydrogen (secondary N) is 3. The van der Waals surface area contributed by atoms with Gasteiger partial charge in [0.05, 0.1) is 0 Å². The van der Waals surface area contributed by atoms with E-state index in [0.717, 1.165) is 32.4 Å². The van der Waals surface area contributed by atoms with Gasteiger partial charge in [-0.25, -0.2) is 4.39 Å². The third kappa shape index (κ3) is 3.59. The molecule has 24 heavy (non-hydrogen) atoms. The summed E-state index contributed by atoms with van der Waals surface area (Å²) in [4.78, 5) is 24.1. The molecule has 3 rings (SSSR count). The van der Waals surface area contributed by atoms with Crippen molar-refractivity contribution in [1.29, 1.82) is 0 Å². The van der Waals surface area contributed by atoms with Crippen LogP contribution in [0, 0.1) is 24.1 Å². The summed E-state index contributed by atoms with van der Waals surface area (Å²) < 4.78 is 13.5. The molecule has 0 bridgehead atoms. The largest absolute Gasteiger partial charge is 0.354 e. The monoisotopic (exact) mass is 333 g/mol. The van der Waals surface area contributed by atoms with Crippen LogP contribution in [0.4, 0.5) is 4.39 Å². The molecule has 1 aromatic rings. The van der Waals surface area contributed by atoms with Gasteiger partial charge in [0.15, 0.2) is 0 Å². The van der Waals surface area contributed by atoms with Gasteiger partial charge in [0.2, 0.25) is 5.91 Å². The molecule has 1 unspecified atom stereocenters. The molecule has 1 saturated heterocycles. The minimum absolute atomic E-state index is 0.0903. The van der Waals surface area contributed by atoms with Gasteiger partial charge < -0.3 is 16.0 Å². The van der Waals surface area contributed by atoms with Crippen LogP contribution in [-0.2, 0) is 4.79 Å². The molecule has 1 atom stereocenters. The number of piperidine rings is 1. The molecule has 1 aliphatic heterocycles. The number of aryl methyl sites for hydroxylation is 1. The number of halogens is 1. The van der Waals surface area contributed by atoms with Crippen molar-refractivity contribution < 1.29 is 14.0 Å². The van der Waals surface area contributed by atoms with Crippen LogP contribution in [0.2, 0.25) is 0 Å².